The number of hydrogen-bond acceptors (Lipinski definition) is 5. The maximum Gasteiger partial charge on any atom is 0.179 e. The maximum atomic E-state index is 9.58. The van der Waals surface area contributed by atoms with E-state index in [1.54, 1.807) is 18.5 Å². The van der Waals surface area contributed by atoms with Gasteiger partial charge in [0.05, 0.1) is 6.61 Å². The summed E-state index contributed by atoms with van der Waals surface area (Å²) in [7, 11) is 0. The third-order valence-electron chi connectivity index (χ3n) is 2.30. The van der Waals surface area contributed by atoms with Crippen molar-refractivity contribution in [2.24, 2.45) is 0 Å². The normalized spacial score (nSPS) is 37.6. The lowest BCUT2D eigenvalue weighted by atomic mass is 10.1. The summed E-state index contributed by atoms with van der Waals surface area (Å²) in [6, 6.07) is 1.69. The molecule has 1 aliphatic rings. The van der Waals surface area contributed by atoms with E-state index in [1.165, 1.54) is 4.68 Å². The summed E-state index contributed by atoms with van der Waals surface area (Å²) in [6.45, 7) is -0.323. The number of aliphatic hydroxyl groups is 3. The van der Waals surface area contributed by atoms with Crippen molar-refractivity contribution >= 4 is 0 Å². The molecule has 2 rings (SSSR count). The first-order valence-corrected chi connectivity index (χ1v) is 4.35. The van der Waals surface area contributed by atoms with Gasteiger partial charge in [0, 0.05) is 12.4 Å². The minimum atomic E-state index is -1.07. The highest BCUT2D eigenvalue weighted by Crippen LogP contribution is 2.28. The van der Waals surface area contributed by atoms with Crippen molar-refractivity contribution in [2.75, 3.05) is 6.61 Å². The Kier molecular flexibility index (Phi) is 2.51. The highest BCUT2D eigenvalue weighted by Gasteiger charge is 2.43. The van der Waals surface area contributed by atoms with Gasteiger partial charge in [-0.25, -0.2) is 4.68 Å². The van der Waals surface area contributed by atoms with Crippen LogP contribution in [0.4, 0.5) is 0 Å². The Labute approximate surface area is 80.4 Å². The van der Waals surface area contributed by atoms with Gasteiger partial charge in [-0.1, -0.05) is 0 Å². The van der Waals surface area contributed by atoms with E-state index < -0.39 is 24.5 Å². The van der Waals surface area contributed by atoms with Crippen LogP contribution in [-0.4, -0.2) is 50.0 Å². The fourth-order valence-electron chi connectivity index (χ4n) is 1.53. The molecule has 4 atom stereocenters. The molecule has 6 heteroatoms. The molecule has 0 spiro atoms. The van der Waals surface area contributed by atoms with Gasteiger partial charge < -0.3 is 20.1 Å². The lowest BCUT2D eigenvalue weighted by Crippen LogP contribution is -2.33. The molecular formula is C8H12N2O4. The third-order valence-corrected chi connectivity index (χ3v) is 2.30. The van der Waals surface area contributed by atoms with Crippen LogP contribution in [0.3, 0.4) is 0 Å². The Bertz CT molecular complexity index is 290. The van der Waals surface area contributed by atoms with E-state index in [0.29, 0.717) is 0 Å². The number of rotatable bonds is 2. The maximum absolute atomic E-state index is 9.58. The van der Waals surface area contributed by atoms with Crippen molar-refractivity contribution in [1.29, 1.82) is 0 Å². The van der Waals surface area contributed by atoms with E-state index in [1.807, 2.05) is 0 Å². The molecule has 2 heterocycles. The largest absolute Gasteiger partial charge is 0.394 e. The first-order valence-electron chi connectivity index (χ1n) is 4.35. The van der Waals surface area contributed by atoms with Crippen molar-refractivity contribution in [2.45, 2.75) is 24.5 Å². The number of nitrogens with zero attached hydrogens (tertiary/aromatic N) is 2. The topological polar surface area (TPSA) is 87.7 Å². The molecule has 78 valence electrons. The van der Waals surface area contributed by atoms with Crippen LogP contribution in [0, 0.1) is 0 Å². The fourth-order valence-corrected chi connectivity index (χ4v) is 1.53. The number of aliphatic hydroxyl groups excluding tert-OH is 3. The Morgan fingerprint density at radius 3 is 2.64 bits per heavy atom. The molecule has 0 aliphatic carbocycles. The summed E-state index contributed by atoms with van der Waals surface area (Å²) in [5.41, 5.74) is 0. The smallest absolute Gasteiger partial charge is 0.179 e. The zero-order valence-electron chi connectivity index (χ0n) is 7.39. The predicted octanol–water partition coefficient (Wildman–Crippen LogP) is -1.51. The first kappa shape index (κ1) is 9.60. The van der Waals surface area contributed by atoms with E-state index in [2.05, 4.69) is 5.10 Å². The summed E-state index contributed by atoms with van der Waals surface area (Å²) in [6.07, 6.45) is -0.438. The van der Waals surface area contributed by atoms with Gasteiger partial charge >= 0.3 is 0 Å². The second-order valence-corrected chi connectivity index (χ2v) is 3.21. The standard InChI is InChI=1S/C8H12N2O4/c11-4-5-6(12)7(13)8(14-5)10-3-1-2-9-10/h1-3,5-8,11-13H,4H2/t5-,6-,7-,8?/m1/s1. The number of hydrogen-bond donors (Lipinski definition) is 3. The molecule has 0 saturated carbocycles. The molecule has 6 nitrogen and oxygen atoms in total. The van der Waals surface area contributed by atoms with Crippen LogP contribution in [0.1, 0.15) is 6.23 Å². The van der Waals surface area contributed by atoms with Gasteiger partial charge in [0.2, 0.25) is 0 Å². The molecule has 1 saturated heterocycles. The van der Waals surface area contributed by atoms with Gasteiger partial charge in [-0.3, -0.25) is 0 Å². The summed E-state index contributed by atoms with van der Waals surface area (Å²) >= 11 is 0. The highest BCUT2D eigenvalue weighted by atomic mass is 16.6. The van der Waals surface area contributed by atoms with Crippen LogP contribution < -0.4 is 0 Å². The van der Waals surface area contributed by atoms with Gasteiger partial charge in [0.1, 0.15) is 18.3 Å². The summed E-state index contributed by atoms with van der Waals surface area (Å²) < 4.78 is 6.64. The van der Waals surface area contributed by atoms with Crippen molar-refractivity contribution < 1.29 is 20.1 Å². The SMILES string of the molecule is OC[C@H]1OC(n2cccn2)[C@H](O)[C@@H]1O. The Morgan fingerprint density at radius 1 is 1.36 bits per heavy atom. The van der Waals surface area contributed by atoms with Gasteiger partial charge in [0.15, 0.2) is 6.23 Å². The second-order valence-electron chi connectivity index (χ2n) is 3.21. The van der Waals surface area contributed by atoms with Crippen molar-refractivity contribution in [3.63, 3.8) is 0 Å². The molecule has 1 aliphatic heterocycles. The zero-order valence-corrected chi connectivity index (χ0v) is 7.39. The Morgan fingerprint density at radius 2 is 2.14 bits per heavy atom. The first-order chi connectivity index (χ1) is 6.74. The van der Waals surface area contributed by atoms with Crippen molar-refractivity contribution in [3.05, 3.63) is 18.5 Å². The molecule has 1 fully saturated rings. The third kappa shape index (κ3) is 1.42. The quantitative estimate of drug-likeness (QED) is 0.540. The molecule has 0 radical (unpaired) electrons. The van der Waals surface area contributed by atoms with Crippen molar-refractivity contribution in [1.82, 2.24) is 9.78 Å². The van der Waals surface area contributed by atoms with Crippen molar-refractivity contribution in [3.8, 4) is 0 Å². The van der Waals surface area contributed by atoms with E-state index in [-0.39, 0.29) is 6.61 Å². The van der Waals surface area contributed by atoms with E-state index in [4.69, 9.17) is 9.84 Å². The van der Waals surface area contributed by atoms with Gasteiger partial charge in [0.25, 0.3) is 0 Å². The van der Waals surface area contributed by atoms with E-state index in [0.717, 1.165) is 0 Å². The molecular weight excluding hydrogens is 188 g/mol. The number of ether oxygens (including phenoxy) is 1. The lowest BCUT2D eigenvalue weighted by molar-refractivity contribution is -0.0586. The molecule has 3 N–H and O–H groups in total. The van der Waals surface area contributed by atoms with Crippen LogP contribution in [0.5, 0.6) is 0 Å². The van der Waals surface area contributed by atoms with Gasteiger partial charge in [-0.2, -0.15) is 5.10 Å². The second kappa shape index (κ2) is 3.66. The predicted molar refractivity (Wildman–Crippen MR) is 45.2 cm³/mol. The molecule has 0 amide bonds. The van der Waals surface area contributed by atoms with Gasteiger partial charge in [-0.15, -0.1) is 0 Å². The minimum Gasteiger partial charge on any atom is -0.394 e. The van der Waals surface area contributed by atoms with Crippen LogP contribution in [0.2, 0.25) is 0 Å². The summed E-state index contributed by atoms with van der Waals surface area (Å²) in [4.78, 5) is 0. The van der Waals surface area contributed by atoms with Crippen LogP contribution in [0.25, 0.3) is 0 Å². The average molecular weight is 200 g/mol. The summed E-state index contributed by atoms with van der Waals surface area (Å²) in [5.74, 6) is 0. The zero-order chi connectivity index (χ0) is 10.1. The Balaban J connectivity index is 2.16. The van der Waals surface area contributed by atoms with Crippen LogP contribution in [-0.2, 0) is 4.74 Å². The molecule has 0 bridgehead atoms. The molecule has 0 aromatic carbocycles. The lowest BCUT2D eigenvalue weighted by Gasteiger charge is -2.14. The monoisotopic (exact) mass is 200 g/mol. The fraction of sp³-hybridized carbons (Fsp3) is 0.625. The van der Waals surface area contributed by atoms with Crippen LogP contribution in [0.15, 0.2) is 18.5 Å². The average Bonchev–Trinajstić information content (AvgIpc) is 2.78. The van der Waals surface area contributed by atoms with Gasteiger partial charge in [-0.05, 0) is 6.07 Å². The van der Waals surface area contributed by atoms with Crippen LogP contribution >= 0.6 is 0 Å². The molecule has 1 aromatic heterocycles. The number of aromatic nitrogens is 2. The van der Waals surface area contributed by atoms with E-state index in [9.17, 15) is 10.2 Å². The molecule has 1 unspecified atom stereocenters. The molecule has 14 heavy (non-hydrogen) atoms. The minimum absolute atomic E-state index is 0.323. The van der Waals surface area contributed by atoms with E-state index >= 15 is 0 Å². The Hall–Kier alpha value is -0.950. The summed E-state index contributed by atoms with van der Waals surface area (Å²) in [5, 5.41) is 31.8. The highest BCUT2D eigenvalue weighted by molar-refractivity contribution is 4.90. The molecule has 1 aromatic rings.